The minimum absolute atomic E-state index is 2.83. The zero-order valence-electron chi connectivity index (χ0n) is 9.00. The number of hydrogen-bond donors (Lipinski definition) is 0. The van der Waals surface area contributed by atoms with Gasteiger partial charge in [-0.15, -0.1) is 0 Å². The van der Waals surface area contributed by atoms with E-state index in [1.54, 1.807) is 0 Å². The molecular weight excluding hydrogens is 367 g/mol. The molecule has 0 amide bonds. The topological polar surface area (TPSA) is 34.1 Å². The highest BCUT2D eigenvalue weighted by atomic mass is 35.7. The van der Waals surface area contributed by atoms with Crippen molar-refractivity contribution in [2.24, 2.45) is 0 Å². The number of hydrogen-bond acceptors (Lipinski definition) is 2. The lowest BCUT2D eigenvalue weighted by atomic mass is 10.1. The number of alkyl halides is 6. The van der Waals surface area contributed by atoms with Gasteiger partial charge in [0.1, 0.15) is 16.0 Å². The Balaban J connectivity index is 4.15. The molecule has 21 heavy (non-hydrogen) atoms. The first-order valence-corrected chi connectivity index (χ1v) is 6.70. The third kappa shape index (κ3) is 3.20. The van der Waals surface area contributed by atoms with Crippen molar-refractivity contribution < 1.29 is 47.9 Å². The van der Waals surface area contributed by atoms with Gasteiger partial charge in [0.05, 0.1) is 0 Å². The van der Waals surface area contributed by atoms with Gasteiger partial charge < -0.3 is 0 Å². The van der Waals surface area contributed by atoms with Crippen LogP contribution >= 0.6 is 10.7 Å². The van der Waals surface area contributed by atoms with Crippen LogP contribution in [0.1, 0.15) is 11.1 Å². The SMILES string of the molecule is O=S(=O)(Cl)c1c(F)c(C(F)(F)F)c(F)c(F)c1C(F)(F)F. The van der Waals surface area contributed by atoms with E-state index in [1.165, 1.54) is 0 Å². The van der Waals surface area contributed by atoms with Crippen molar-refractivity contribution in [3.05, 3.63) is 28.6 Å². The second-order valence-electron chi connectivity index (χ2n) is 3.45. The summed E-state index contributed by atoms with van der Waals surface area (Å²) in [5.41, 5.74) is -6.22. The lowest BCUT2D eigenvalue weighted by Gasteiger charge is -2.17. The smallest absolute Gasteiger partial charge is 0.207 e. The summed E-state index contributed by atoms with van der Waals surface area (Å²) in [7, 11) is -1.40. The molecule has 1 rings (SSSR count). The Kier molecular flexibility index (Phi) is 4.20. The van der Waals surface area contributed by atoms with E-state index < -0.39 is 54.9 Å². The van der Waals surface area contributed by atoms with Crippen LogP contribution in [0.4, 0.5) is 39.5 Å². The molecule has 0 spiro atoms. The van der Waals surface area contributed by atoms with Crippen LogP contribution in [0.25, 0.3) is 0 Å². The Morgan fingerprint density at radius 1 is 0.714 bits per heavy atom. The minimum atomic E-state index is -6.01. The molecule has 0 aliphatic heterocycles. The van der Waals surface area contributed by atoms with Crippen molar-refractivity contribution in [2.45, 2.75) is 17.2 Å². The van der Waals surface area contributed by atoms with Gasteiger partial charge in [0.25, 0.3) is 9.05 Å². The first-order valence-electron chi connectivity index (χ1n) is 4.39. The summed E-state index contributed by atoms with van der Waals surface area (Å²) >= 11 is 0. The van der Waals surface area contributed by atoms with Gasteiger partial charge in [-0.3, -0.25) is 0 Å². The number of rotatable bonds is 1. The highest BCUT2D eigenvalue weighted by Crippen LogP contribution is 2.44. The molecule has 0 saturated heterocycles. The third-order valence-electron chi connectivity index (χ3n) is 2.09. The van der Waals surface area contributed by atoms with Gasteiger partial charge in [0.2, 0.25) is 0 Å². The van der Waals surface area contributed by atoms with E-state index in [-0.39, 0.29) is 0 Å². The molecule has 0 saturated carbocycles. The molecule has 0 aliphatic rings. The van der Waals surface area contributed by atoms with Gasteiger partial charge in [0, 0.05) is 10.7 Å². The maximum absolute atomic E-state index is 13.4. The zero-order chi connectivity index (χ0) is 17.0. The van der Waals surface area contributed by atoms with Crippen molar-refractivity contribution in [1.82, 2.24) is 0 Å². The summed E-state index contributed by atoms with van der Waals surface area (Å²) in [5, 5.41) is 0. The van der Waals surface area contributed by atoms with Crippen LogP contribution in [0.2, 0.25) is 0 Å². The van der Waals surface area contributed by atoms with Crippen LogP contribution in [-0.2, 0) is 21.4 Å². The quantitative estimate of drug-likeness (QED) is 0.426. The average Bonchev–Trinajstić information content (AvgIpc) is 2.17. The molecule has 0 aromatic heterocycles. The van der Waals surface area contributed by atoms with E-state index in [0.29, 0.717) is 0 Å². The van der Waals surface area contributed by atoms with E-state index in [9.17, 15) is 47.9 Å². The molecule has 0 N–H and O–H groups in total. The van der Waals surface area contributed by atoms with E-state index in [4.69, 9.17) is 0 Å². The Morgan fingerprint density at radius 3 is 1.33 bits per heavy atom. The predicted octanol–water partition coefficient (Wildman–Crippen LogP) is 4.07. The van der Waals surface area contributed by atoms with Crippen molar-refractivity contribution in [2.75, 3.05) is 0 Å². The molecule has 0 fully saturated rings. The van der Waals surface area contributed by atoms with Crippen molar-refractivity contribution in [3.8, 4) is 0 Å². The van der Waals surface area contributed by atoms with Crippen LogP contribution in [-0.4, -0.2) is 8.42 Å². The summed E-state index contributed by atoms with van der Waals surface area (Å²) in [5.74, 6) is -9.63. The second-order valence-corrected chi connectivity index (χ2v) is 5.96. The Hall–Kier alpha value is -1.17. The zero-order valence-corrected chi connectivity index (χ0v) is 10.6. The van der Waals surface area contributed by atoms with Crippen LogP contribution < -0.4 is 0 Å². The Morgan fingerprint density at radius 2 is 1.05 bits per heavy atom. The second kappa shape index (κ2) is 4.93. The van der Waals surface area contributed by atoms with Crippen LogP contribution in [0.5, 0.6) is 0 Å². The molecule has 0 radical (unpaired) electrons. The Bertz CT molecular complexity index is 689. The molecular formula is C8ClF9O2S. The van der Waals surface area contributed by atoms with E-state index in [0.717, 1.165) is 0 Å². The summed E-state index contributed by atoms with van der Waals surface area (Å²) < 4.78 is 136. The molecule has 1 aromatic carbocycles. The highest BCUT2D eigenvalue weighted by Gasteiger charge is 2.49. The largest absolute Gasteiger partial charge is 0.422 e. The van der Waals surface area contributed by atoms with Crippen molar-refractivity contribution in [3.63, 3.8) is 0 Å². The predicted molar refractivity (Wildman–Crippen MR) is 49.4 cm³/mol. The van der Waals surface area contributed by atoms with E-state index in [2.05, 4.69) is 10.7 Å². The van der Waals surface area contributed by atoms with Gasteiger partial charge in [-0.2, -0.15) is 26.3 Å². The molecule has 2 nitrogen and oxygen atoms in total. The summed E-state index contributed by atoms with van der Waals surface area (Å²) in [6.45, 7) is 0. The maximum Gasteiger partial charge on any atom is 0.422 e. The van der Waals surface area contributed by atoms with Gasteiger partial charge in [-0.25, -0.2) is 21.6 Å². The monoisotopic (exact) mass is 366 g/mol. The fourth-order valence-electron chi connectivity index (χ4n) is 1.37. The number of benzene rings is 1. The minimum Gasteiger partial charge on any atom is -0.207 e. The standard InChI is InChI=1S/C8ClF9O2S/c9-21(19,20)6-2(8(16,17)18)4(11)3(10)1(5(6)12)7(13,14)15. The van der Waals surface area contributed by atoms with Gasteiger partial charge in [0.15, 0.2) is 17.5 Å². The molecule has 0 aliphatic carbocycles. The van der Waals surface area contributed by atoms with Gasteiger partial charge >= 0.3 is 12.4 Å². The molecule has 0 unspecified atom stereocenters. The molecule has 0 atom stereocenters. The van der Waals surface area contributed by atoms with Crippen LogP contribution in [0, 0.1) is 17.5 Å². The summed E-state index contributed by atoms with van der Waals surface area (Å²) in [4.78, 5) is -2.83. The fraction of sp³-hybridized carbons (Fsp3) is 0.250. The van der Waals surface area contributed by atoms with E-state index >= 15 is 0 Å². The summed E-state index contributed by atoms with van der Waals surface area (Å²) in [6, 6.07) is 0. The van der Waals surface area contributed by atoms with Crippen molar-refractivity contribution in [1.29, 1.82) is 0 Å². The fourth-order valence-corrected chi connectivity index (χ4v) is 2.57. The lowest BCUT2D eigenvalue weighted by molar-refractivity contribution is -0.149. The Labute approximate surface area is 114 Å². The number of halogens is 10. The lowest BCUT2D eigenvalue weighted by Crippen LogP contribution is -2.22. The van der Waals surface area contributed by atoms with Gasteiger partial charge in [-0.1, -0.05) is 0 Å². The van der Waals surface area contributed by atoms with Crippen molar-refractivity contribution >= 4 is 19.7 Å². The molecule has 0 bridgehead atoms. The highest BCUT2D eigenvalue weighted by molar-refractivity contribution is 8.13. The first-order chi connectivity index (χ1) is 9.10. The van der Waals surface area contributed by atoms with Crippen LogP contribution in [0.3, 0.4) is 0 Å². The van der Waals surface area contributed by atoms with Gasteiger partial charge in [-0.05, 0) is 0 Å². The van der Waals surface area contributed by atoms with E-state index in [1.807, 2.05) is 0 Å². The molecule has 120 valence electrons. The molecule has 13 heteroatoms. The average molecular weight is 367 g/mol. The summed E-state index contributed by atoms with van der Waals surface area (Å²) in [6.07, 6.45) is -12.0. The first kappa shape index (κ1) is 17.9. The molecule has 1 aromatic rings. The molecule has 0 heterocycles. The maximum atomic E-state index is 13.4. The van der Waals surface area contributed by atoms with Crippen LogP contribution in [0.15, 0.2) is 4.90 Å². The third-order valence-corrected chi connectivity index (χ3v) is 3.42. The normalized spacial score (nSPS) is 13.6.